The molecule has 1 aliphatic heterocycles. The molecular weight excluding hydrogens is 366 g/mol. The van der Waals surface area contributed by atoms with E-state index in [1.165, 1.54) is 0 Å². The molecule has 0 radical (unpaired) electrons. The van der Waals surface area contributed by atoms with Gasteiger partial charge in [-0.05, 0) is 25.0 Å². The van der Waals surface area contributed by atoms with E-state index in [9.17, 15) is 9.59 Å². The minimum Gasteiger partial charge on any atom is -0.439 e. The first-order valence-electron chi connectivity index (χ1n) is 9.85. The maximum atomic E-state index is 13.2. The number of allylic oxidation sites excluding steroid dienone is 1. The summed E-state index contributed by atoms with van der Waals surface area (Å²) >= 11 is 0. The molecule has 1 saturated heterocycles. The molecule has 1 heterocycles. The molecule has 4 rings (SSSR count). The molecule has 5 heteroatoms. The number of carbonyl (C=O) groups excluding carboxylic acids is 2. The van der Waals surface area contributed by atoms with Gasteiger partial charge < -0.3 is 9.47 Å². The van der Waals surface area contributed by atoms with Gasteiger partial charge in [-0.1, -0.05) is 66.7 Å². The van der Waals surface area contributed by atoms with Crippen LogP contribution >= 0.6 is 0 Å². The van der Waals surface area contributed by atoms with Crippen LogP contribution in [0.3, 0.4) is 0 Å². The van der Waals surface area contributed by atoms with Gasteiger partial charge in [-0.2, -0.15) is 0 Å². The maximum absolute atomic E-state index is 13.2. The first kappa shape index (κ1) is 19.4. The lowest BCUT2D eigenvalue weighted by Gasteiger charge is -2.38. The Balaban J connectivity index is 1.83. The third-order valence-electron chi connectivity index (χ3n) is 6.19. The number of cyclic esters (lactones) is 1. The number of ether oxygens (including phenoxy) is 2. The molecule has 0 bridgehead atoms. The molecule has 0 N–H and O–H groups in total. The summed E-state index contributed by atoms with van der Waals surface area (Å²) in [6, 6.07) is 18.8. The van der Waals surface area contributed by atoms with E-state index < -0.39 is 23.8 Å². The molecule has 0 aromatic heterocycles. The van der Waals surface area contributed by atoms with Crippen molar-refractivity contribution in [2.45, 2.75) is 44.1 Å². The summed E-state index contributed by atoms with van der Waals surface area (Å²) in [5, 5.41) is 0. The van der Waals surface area contributed by atoms with Crippen LogP contribution < -0.4 is 0 Å². The summed E-state index contributed by atoms with van der Waals surface area (Å²) in [5.41, 5.74) is 1.61. The van der Waals surface area contributed by atoms with Crippen molar-refractivity contribution in [3.63, 3.8) is 0 Å². The molecule has 2 aromatic carbocycles. The number of nitrogens with zero attached hydrogens (tertiary/aromatic N) is 1. The molecule has 4 atom stereocenters. The van der Waals surface area contributed by atoms with Gasteiger partial charge in [0.15, 0.2) is 11.9 Å². The van der Waals surface area contributed by atoms with Gasteiger partial charge in [0.1, 0.15) is 11.6 Å². The number of Topliss-reactive ketones (excluding diaryl/α,β-unsaturated/α-hetero) is 1. The van der Waals surface area contributed by atoms with E-state index in [2.05, 4.69) is 0 Å². The van der Waals surface area contributed by atoms with Gasteiger partial charge in [-0.25, -0.2) is 4.79 Å². The maximum Gasteiger partial charge on any atom is 0.411 e. The SMILES string of the molecule is C/C=C1\C(=O)C[C@H](N2C(=O)O[C@H](c3ccccc3)[C@@H]2c2ccccc2)[C@@]1(C)OC. The molecule has 150 valence electrons. The fourth-order valence-electron chi connectivity index (χ4n) is 4.69. The minimum absolute atomic E-state index is 0.00428. The fraction of sp³-hybridized carbons (Fsp3) is 0.333. The average Bonchev–Trinajstić information content (AvgIpc) is 3.22. The standard InChI is InChI=1S/C24H25NO4/c1-4-18-19(26)15-20(24(18,2)28-3)25-21(16-11-7-5-8-12-16)22(29-23(25)27)17-13-9-6-10-14-17/h4-14,20-22H,15H2,1-3H3/b18-4+/t20-,21-,22+,24-/m0/s1. The van der Waals surface area contributed by atoms with Crippen molar-refractivity contribution in [3.05, 3.63) is 83.4 Å². The molecule has 2 aliphatic rings. The van der Waals surface area contributed by atoms with Gasteiger partial charge >= 0.3 is 6.09 Å². The number of ketones is 1. The molecule has 5 nitrogen and oxygen atoms in total. The Morgan fingerprint density at radius 1 is 1.03 bits per heavy atom. The second kappa shape index (κ2) is 7.48. The van der Waals surface area contributed by atoms with Gasteiger partial charge in [0.25, 0.3) is 0 Å². The summed E-state index contributed by atoms with van der Waals surface area (Å²) in [7, 11) is 1.59. The van der Waals surface area contributed by atoms with Gasteiger partial charge in [0, 0.05) is 19.1 Å². The van der Waals surface area contributed by atoms with Crippen molar-refractivity contribution in [1.29, 1.82) is 0 Å². The highest BCUT2D eigenvalue weighted by molar-refractivity contribution is 6.01. The monoisotopic (exact) mass is 391 g/mol. The highest BCUT2D eigenvalue weighted by Crippen LogP contribution is 2.49. The summed E-state index contributed by atoms with van der Waals surface area (Å²) in [5.74, 6) is 0.00428. The minimum atomic E-state index is -0.885. The Bertz CT molecular complexity index is 940. The lowest BCUT2D eigenvalue weighted by atomic mass is 9.90. The van der Waals surface area contributed by atoms with E-state index in [1.807, 2.05) is 74.5 Å². The van der Waals surface area contributed by atoms with Crippen LogP contribution in [0.15, 0.2) is 72.3 Å². The normalized spacial score (nSPS) is 30.8. The van der Waals surface area contributed by atoms with Gasteiger partial charge in [0.2, 0.25) is 0 Å². The Morgan fingerprint density at radius 2 is 1.62 bits per heavy atom. The topological polar surface area (TPSA) is 55.8 Å². The summed E-state index contributed by atoms with van der Waals surface area (Å²) in [6.45, 7) is 3.71. The second-order valence-corrected chi connectivity index (χ2v) is 7.63. The number of hydrogen-bond acceptors (Lipinski definition) is 4. The van der Waals surface area contributed by atoms with Crippen LogP contribution in [-0.4, -0.2) is 35.5 Å². The van der Waals surface area contributed by atoms with Gasteiger partial charge in [-0.15, -0.1) is 0 Å². The van der Waals surface area contributed by atoms with Crippen molar-refractivity contribution >= 4 is 11.9 Å². The van der Waals surface area contributed by atoms with Crippen molar-refractivity contribution < 1.29 is 19.1 Å². The van der Waals surface area contributed by atoms with E-state index >= 15 is 0 Å². The van der Waals surface area contributed by atoms with Crippen LogP contribution in [0.2, 0.25) is 0 Å². The predicted octanol–water partition coefficient (Wildman–Crippen LogP) is 4.61. The van der Waals surface area contributed by atoms with Crippen LogP contribution in [0.5, 0.6) is 0 Å². The number of amides is 1. The molecule has 2 aromatic rings. The summed E-state index contributed by atoms with van der Waals surface area (Å²) in [4.78, 5) is 27.6. The zero-order valence-corrected chi connectivity index (χ0v) is 16.9. The number of methoxy groups -OCH3 is 1. The van der Waals surface area contributed by atoms with E-state index in [0.717, 1.165) is 11.1 Å². The highest BCUT2D eigenvalue weighted by atomic mass is 16.6. The first-order chi connectivity index (χ1) is 14.0. The van der Waals surface area contributed by atoms with Crippen LogP contribution in [0.1, 0.15) is 43.5 Å². The van der Waals surface area contributed by atoms with Crippen LogP contribution in [0.25, 0.3) is 0 Å². The largest absolute Gasteiger partial charge is 0.439 e. The van der Waals surface area contributed by atoms with E-state index in [0.29, 0.717) is 5.57 Å². The molecule has 1 amide bonds. The molecule has 1 aliphatic carbocycles. The fourth-order valence-corrected chi connectivity index (χ4v) is 4.69. The summed E-state index contributed by atoms with van der Waals surface area (Å²) < 4.78 is 11.7. The van der Waals surface area contributed by atoms with E-state index in [1.54, 1.807) is 18.1 Å². The number of carbonyl (C=O) groups is 2. The molecule has 0 unspecified atom stereocenters. The lowest BCUT2D eigenvalue weighted by Crippen LogP contribution is -2.50. The lowest BCUT2D eigenvalue weighted by molar-refractivity contribution is -0.115. The first-order valence-corrected chi connectivity index (χ1v) is 9.85. The van der Waals surface area contributed by atoms with Crippen molar-refractivity contribution in [2.24, 2.45) is 0 Å². The molecule has 1 saturated carbocycles. The molecule has 2 fully saturated rings. The third kappa shape index (κ3) is 3.06. The van der Waals surface area contributed by atoms with Crippen LogP contribution in [0.4, 0.5) is 4.79 Å². The Morgan fingerprint density at radius 3 is 2.17 bits per heavy atom. The highest BCUT2D eigenvalue weighted by Gasteiger charge is 2.57. The zero-order chi connectivity index (χ0) is 20.6. The number of benzene rings is 2. The molecular formula is C24H25NO4. The van der Waals surface area contributed by atoms with E-state index in [4.69, 9.17) is 9.47 Å². The Hall–Kier alpha value is -2.92. The predicted molar refractivity (Wildman–Crippen MR) is 109 cm³/mol. The Labute approximate surface area is 170 Å². The smallest absolute Gasteiger partial charge is 0.411 e. The van der Waals surface area contributed by atoms with E-state index in [-0.39, 0.29) is 18.2 Å². The van der Waals surface area contributed by atoms with Crippen LogP contribution in [0, 0.1) is 0 Å². The molecule has 29 heavy (non-hydrogen) atoms. The second-order valence-electron chi connectivity index (χ2n) is 7.63. The van der Waals surface area contributed by atoms with Crippen molar-refractivity contribution in [3.8, 4) is 0 Å². The summed E-state index contributed by atoms with van der Waals surface area (Å²) in [6.07, 6.45) is 1.12. The Kier molecular flexibility index (Phi) is 5.01. The average molecular weight is 391 g/mol. The van der Waals surface area contributed by atoms with Crippen molar-refractivity contribution in [1.82, 2.24) is 4.90 Å². The van der Waals surface area contributed by atoms with Gasteiger partial charge in [0.05, 0.1) is 6.04 Å². The number of hydrogen-bond donors (Lipinski definition) is 0. The quantitative estimate of drug-likeness (QED) is 0.714. The molecule has 0 spiro atoms. The number of rotatable bonds is 4. The zero-order valence-electron chi connectivity index (χ0n) is 16.9. The third-order valence-corrected chi connectivity index (χ3v) is 6.19. The van der Waals surface area contributed by atoms with Crippen molar-refractivity contribution in [2.75, 3.05) is 7.11 Å². The van der Waals surface area contributed by atoms with Gasteiger partial charge in [-0.3, -0.25) is 9.69 Å². The van der Waals surface area contributed by atoms with Crippen LogP contribution in [-0.2, 0) is 14.3 Å².